The van der Waals surface area contributed by atoms with Crippen LogP contribution in [-0.2, 0) is 9.59 Å². The second-order valence-electron chi connectivity index (χ2n) is 8.83. The van der Waals surface area contributed by atoms with Crippen LogP contribution in [0.15, 0.2) is 36.5 Å². The quantitative estimate of drug-likeness (QED) is 0.501. The number of nitrogens with one attached hydrogen (secondary N) is 3. The van der Waals surface area contributed by atoms with Gasteiger partial charge in [-0.1, -0.05) is 76.0 Å². The van der Waals surface area contributed by atoms with Crippen molar-refractivity contribution in [1.82, 2.24) is 15.6 Å². The highest BCUT2D eigenvalue weighted by Gasteiger charge is 2.22. The predicted octanol–water partition coefficient (Wildman–Crippen LogP) is 4.45. The SMILES string of the molecule is O=C(C=Cc1c[nH]c2ccccc12)N[C@@H](CO)C(=O)NC1CCCCCCCCCCC1. The summed E-state index contributed by atoms with van der Waals surface area (Å²) in [6.07, 6.45) is 18.0. The van der Waals surface area contributed by atoms with Gasteiger partial charge in [0.1, 0.15) is 6.04 Å². The third-order valence-electron chi connectivity index (χ3n) is 6.30. The molecule has 1 aromatic heterocycles. The first-order valence-electron chi connectivity index (χ1n) is 12.1. The molecule has 32 heavy (non-hydrogen) atoms. The molecule has 0 radical (unpaired) electrons. The Morgan fingerprint density at radius 2 is 1.62 bits per heavy atom. The van der Waals surface area contributed by atoms with Gasteiger partial charge in [0.15, 0.2) is 0 Å². The lowest BCUT2D eigenvalue weighted by Crippen LogP contribution is -2.51. The van der Waals surface area contributed by atoms with Crippen LogP contribution in [0.2, 0.25) is 0 Å². The number of aliphatic hydroxyl groups excluding tert-OH is 1. The van der Waals surface area contributed by atoms with E-state index < -0.39 is 18.6 Å². The largest absolute Gasteiger partial charge is 0.394 e. The van der Waals surface area contributed by atoms with Crippen molar-refractivity contribution < 1.29 is 14.7 Å². The number of benzene rings is 1. The number of amides is 2. The van der Waals surface area contributed by atoms with E-state index in [1.54, 1.807) is 6.08 Å². The number of rotatable bonds is 6. The van der Waals surface area contributed by atoms with Crippen molar-refractivity contribution in [2.45, 2.75) is 82.7 Å². The lowest BCUT2D eigenvalue weighted by Gasteiger charge is -2.23. The van der Waals surface area contributed by atoms with Crippen LogP contribution in [-0.4, -0.2) is 40.6 Å². The molecule has 2 aromatic rings. The number of hydrogen-bond donors (Lipinski definition) is 4. The first-order valence-corrected chi connectivity index (χ1v) is 12.1. The van der Waals surface area contributed by atoms with E-state index in [0.717, 1.165) is 42.1 Å². The molecule has 0 aliphatic heterocycles. The Kier molecular flexibility index (Phi) is 9.82. The summed E-state index contributed by atoms with van der Waals surface area (Å²) < 4.78 is 0. The first kappa shape index (κ1) is 24.1. The minimum absolute atomic E-state index is 0.106. The molecule has 1 aliphatic rings. The van der Waals surface area contributed by atoms with E-state index in [0.29, 0.717) is 0 Å². The van der Waals surface area contributed by atoms with Crippen LogP contribution in [0.1, 0.15) is 76.2 Å². The lowest BCUT2D eigenvalue weighted by molar-refractivity contribution is -0.128. The van der Waals surface area contributed by atoms with Crippen molar-refractivity contribution in [3.05, 3.63) is 42.1 Å². The van der Waals surface area contributed by atoms with E-state index in [1.807, 2.05) is 30.5 Å². The van der Waals surface area contributed by atoms with Gasteiger partial charge in [-0.2, -0.15) is 0 Å². The molecule has 6 nitrogen and oxygen atoms in total. The molecule has 1 aromatic carbocycles. The van der Waals surface area contributed by atoms with Crippen LogP contribution in [0.4, 0.5) is 0 Å². The fourth-order valence-electron chi connectivity index (χ4n) is 4.42. The zero-order valence-electron chi connectivity index (χ0n) is 18.9. The van der Waals surface area contributed by atoms with Crippen LogP contribution in [0.5, 0.6) is 0 Å². The Morgan fingerprint density at radius 3 is 2.28 bits per heavy atom. The normalized spacial score (nSPS) is 18.0. The van der Waals surface area contributed by atoms with E-state index in [-0.39, 0.29) is 11.9 Å². The Morgan fingerprint density at radius 1 is 1.00 bits per heavy atom. The summed E-state index contributed by atoms with van der Waals surface area (Å²) in [6.45, 7) is -0.425. The highest BCUT2D eigenvalue weighted by Crippen LogP contribution is 2.19. The summed E-state index contributed by atoms with van der Waals surface area (Å²) in [5, 5.41) is 16.5. The standard InChI is InChI=1S/C26H37N3O3/c30-19-24(26(32)28-21-12-8-6-4-2-1-3-5-7-9-13-21)29-25(31)17-16-20-18-27-23-15-11-10-14-22(20)23/h10-11,14-18,21,24,27,30H,1-9,12-13,19H2,(H,28,32)(H,29,31)/t24-/m0/s1. The molecular formula is C26H37N3O3. The van der Waals surface area contributed by atoms with Gasteiger partial charge in [0.2, 0.25) is 11.8 Å². The van der Waals surface area contributed by atoms with E-state index in [4.69, 9.17) is 0 Å². The molecule has 3 rings (SSSR count). The van der Waals surface area contributed by atoms with E-state index in [2.05, 4.69) is 15.6 Å². The van der Waals surface area contributed by atoms with Crippen molar-refractivity contribution in [1.29, 1.82) is 0 Å². The fourth-order valence-corrected chi connectivity index (χ4v) is 4.42. The number of carbonyl (C=O) groups excluding carboxylic acids is 2. The zero-order chi connectivity index (χ0) is 22.6. The average Bonchev–Trinajstić information content (AvgIpc) is 3.21. The molecule has 6 heteroatoms. The highest BCUT2D eigenvalue weighted by molar-refractivity contribution is 5.98. The van der Waals surface area contributed by atoms with Gasteiger partial charge < -0.3 is 20.7 Å². The smallest absolute Gasteiger partial charge is 0.245 e. The van der Waals surface area contributed by atoms with Crippen molar-refractivity contribution in [3.63, 3.8) is 0 Å². The molecular weight excluding hydrogens is 402 g/mol. The summed E-state index contributed by atoms with van der Waals surface area (Å²) in [5.74, 6) is -0.707. The van der Waals surface area contributed by atoms with Crippen molar-refractivity contribution in [2.75, 3.05) is 6.61 Å². The van der Waals surface area contributed by atoms with Crippen LogP contribution in [0.3, 0.4) is 0 Å². The summed E-state index contributed by atoms with van der Waals surface area (Å²) in [4.78, 5) is 28.3. The van der Waals surface area contributed by atoms with Gasteiger partial charge in [-0.25, -0.2) is 0 Å². The van der Waals surface area contributed by atoms with Gasteiger partial charge in [0, 0.05) is 29.2 Å². The number of aliphatic hydroxyl groups is 1. The molecule has 2 amide bonds. The number of hydrogen-bond acceptors (Lipinski definition) is 3. The molecule has 0 saturated heterocycles. The van der Waals surface area contributed by atoms with Crippen LogP contribution >= 0.6 is 0 Å². The predicted molar refractivity (Wildman–Crippen MR) is 129 cm³/mol. The Labute approximate surface area is 190 Å². The van der Waals surface area contributed by atoms with Gasteiger partial charge in [-0.3, -0.25) is 9.59 Å². The van der Waals surface area contributed by atoms with Crippen molar-refractivity contribution in [2.24, 2.45) is 0 Å². The molecule has 1 saturated carbocycles. The molecule has 1 heterocycles. The topological polar surface area (TPSA) is 94.2 Å². The maximum Gasteiger partial charge on any atom is 0.245 e. The van der Waals surface area contributed by atoms with E-state index in [9.17, 15) is 14.7 Å². The van der Waals surface area contributed by atoms with Crippen LogP contribution < -0.4 is 10.6 Å². The summed E-state index contributed by atoms with van der Waals surface area (Å²) in [7, 11) is 0. The third-order valence-corrected chi connectivity index (χ3v) is 6.30. The minimum atomic E-state index is -0.948. The molecule has 0 unspecified atom stereocenters. The van der Waals surface area contributed by atoms with Gasteiger partial charge >= 0.3 is 0 Å². The van der Waals surface area contributed by atoms with Crippen molar-refractivity contribution in [3.8, 4) is 0 Å². The number of fused-ring (bicyclic) bond motifs is 1. The maximum absolute atomic E-state index is 12.7. The van der Waals surface area contributed by atoms with Gasteiger partial charge in [0.05, 0.1) is 6.61 Å². The highest BCUT2D eigenvalue weighted by atomic mass is 16.3. The summed E-state index contributed by atoms with van der Waals surface area (Å²) >= 11 is 0. The molecule has 0 spiro atoms. The molecule has 4 N–H and O–H groups in total. The van der Waals surface area contributed by atoms with Gasteiger partial charge in [-0.05, 0) is 30.5 Å². The average molecular weight is 440 g/mol. The molecule has 1 atom stereocenters. The number of para-hydroxylation sites is 1. The fraction of sp³-hybridized carbons (Fsp3) is 0.538. The van der Waals surface area contributed by atoms with Crippen molar-refractivity contribution >= 4 is 28.8 Å². The Balaban J connectivity index is 1.52. The maximum atomic E-state index is 12.7. The minimum Gasteiger partial charge on any atom is -0.394 e. The van der Waals surface area contributed by atoms with E-state index >= 15 is 0 Å². The van der Waals surface area contributed by atoms with Crippen LogP contribution in [0.25, 0.3) is 17.0 Å². The Bertz CT molecular complexity index is 877. The third kappa shape index (κ3) is 7.52. The van der Waals surface area contributed by atoms with Crippen LogP contribution in [0, 0.1) is 0 Å². The second kappa shape index (κ2) is 13.1. The first-order chi connectivity index (χ1) is 15.7. The number of aromatic amines is 1. The van der Waals surface area contributed by atoms with Gasteiger partial charge in [0.25, 0.3) is 0 Å². The summed E-state index contributed by atoms with van der Waals surface area (Å²) in [5.41, 5.74) is 1.89. The Hall–Kier alpha value is -2.60. The molecule has 1 fully saturated rings. The van der Waals surface area contributed by atoms with E-state index in [1.165, 1.54) is 51.0 Å². The number of carbonyl (C=O) groups is 2. The second-order valence-corrected chi connectivity index (χ2v) is 8.83. The monoisotopic (exact) mass is 439 g/mol. The lowest BCUT2D eigenvalue weighted by atomic mass is 9.97. The number of aromatic nitrogens is 1. The molecule has 174 valence electrons. The summed E-state index contributed by atoms with van der Waals surface area (Å²) in [6, 6.07) is 7.01. The zero-order valence-corrected chi connectivity index (χ0v) is 18.9. The molecule has 0 bridgehead atoms. The number of H-pyrrole nitrogens is 1. The van der Waals surface area contributed by atoms with Gasteiger partial charge in [-0.15, -0.1) is 0 Å². The molecule has 1 aliphatic carbocycles.